The number of rotatable bonds is 8. The molecule has 8 heteroatoms. The lowest BCUT2D eigenvalue weighted by Gasteiger charge is -2.28. The quantitative estimate of drug-likeness (QED) is 0.712. The molecule has 0 spiro atoms. The van der Waals surface area contributed by atoms with Gasteiger partial charge in [0.05, 0.1) is 7.11 Å². The van der Waals surface area contributed by atoms with Gasteiger partial charge in [-0.1, -0.05) is 6.92 Å². The summed E-state index contributed by atoms with van der Waals surface area (Å²) in [5, 5.41) is 3.27. The third-order valence-electron chi connectivity index (χ3n) is 4.29. The molecule has 1 aliphatic rings. The molecule has 1 unspecified atom stereocenters. The predicted molar refractivity (Wildman–Crippen MR) is 101 cm³/mol. The second kappa shape index (κ2) is 8.83. The van der Waals surface area contributed by atoms with E-state index in [1.807, 2.05) is 11.8 Å². The average Bonchev–Trinajstić information content (AvgIpc) is 3.11. The largest absolute Gasteiger partial charge is 0.495 e. The van der Waals surface area contributed by atoms with E-state index in [-0.39, 0.29) is 28.6 Å². The minimum atomic E-state index is -3.77. The Morgan fingerprint density at radius 1 is 1.42 bits per heavy atom. The number of ether oxygens (including phenoxy) is 1. The Bertz CT molecular complexity index is 728. The van der Waals surface area contributed by atoms with Gasteiger partial charge < -0.3 is 15.0 Å². The Morgan fingerprint density at radius 3 is 2.69 bits per heavy atom. The molecule has 7 nitrogen and oxygen atoms in total. The fourth-order valence-corrected chi connectivity index (χ4v) is 4.60. The maximum Gasteiger partial charge on any atom is 0.254 e. The van der Waals surface area contributed by atoms with Gasteiger partial charge in [-0.2, -0.15) is 0 Å². The normalized spacial score (nSPS) is 17.5. The van der Waals surface area contributed by atoms with Crippen LogP contribution in [0.1, 0.15) is 44.0 Å². The van der Waals surface area contributed by atoms with Crippen molar-refractivity contribution in [2.45, 2.75) is 50.6 Å². The molecule has 1 heterocycles. The van der Waals surface area contributed by atoms with E-state index in [0.29, 0.717) is 12.1 Å². The fourth-order valence-electron chi connectivity index (χ4n) is 3.16. The van der Waals surface area contributed by atoms with E-state index in [9.17, 15) is 13.2 Å². The predicted octanol–water partition coefficient (Wildman–Crippen LogP) is 1.60. The standard InChI is InChI=1S/C18H29N3O4S/c1-5-10-21(15-8-9-19-12-15)18(22)14-6-7-16(25-4)17(11-14)26(23,24)20-13(2)3/h6-7,11,13,15,19-20H,5,8-10,12H2,1-4H3. The third kappa shape index (κ3) is 4.75. The molecule has 2 rings (SSSR count). The van der Waals surface area contributed by atoms with Gasteiger partial charge in [-0.3, -0.25) is 4.79 Å². The van der Waals surface area contributed by atoms with Crippen LogP contribution >= 0.6 is 0 Å². The molecule has 1 atom stereocenters. The van der Waals surface area contributed by atoms with Gasteiger partial charge in [0.25, 0.3) is 5.91 Å². The van der Waals surface area contributed by atoms with Crippen molar-refractivity contribution < 1.29 is 17.9 Å². The maximum absolute atomic E-state index is 13.1. The molecule has 1 saturated heterocycles. The van der Waals surface area contributed by atoms with Crippen molar-refractivity contribution in [1.29, 1.82) is 0 Å². The first-order valence-electron chi connectivity index (χ1n) is 9.02. The molecule has 2 N–H and O–H groups in total. The molecule has 1 fully saturated rings. The Hall–Kier alpha value is -1.64. The highest BCUT2D eigenvalue weighted by Crippen LogP contribution is 2.26. The molecule has 0 bridgehead atoms. The molecule has 0 radical (unpaired) electrons. The lowest BCUT2D eigenvalue weighted by atomic mass is 10.1. The van der Waals surface area contributed by atoms with Crippen molar-refractivity contribution in [3.05, 3.63) is 23.8 Å². The van der Waals surface area contributed by atoms with E-state index >= 15 is 0 Å². The van der Waals surface area contributed by atoms with E-state index in [4.69, 9.17) is 4.74 Å². The minimum absolute atomic E-state index is 0.0134. The molecular formula is C18H29N3O4S. The lowest BCUT2D eigenvalue weighted by Crippen LogP contribution is -2.42. The van der Waals surface area contributed by atoms with Crippen LogP contribution < -0.4 is 14.8 Å². The number of sulfonamides is 1. The van der Waals surface area contributed by atoms with Gasteiger partial charge in [0.15, 0.2) is 0 Å². The van der Waals surface area contributed by atoms with Gasteiger partial charge in [-0.25, -0.2) is 13.1 Å². The van der Waals surface area contributed by atoms with Crippen molar-refractivity contribution in [3.63, 3.8) is 0 Å². The number of hydrogen-bond donors (Lipinski definition) is 2. The van der Waals surface area contributed by atoms with Crippen LogP contribution in [0.2, 0.25) is 0 Å². The number of carbonyl (C=O) groups excluding carboxylic acids is 1. The van der Waals surface area contributed by atoms with Crippen LogP contribution in [0.15, 0.2) is 23.1 Å². The Morgan fingerprint density at radius 2 is 2.15 bits per heavy atom. The zero-order chi connectivity index (χ0) is 19.3. The maximum atomic E-state index is 13.1. The molecule has 0 aromatic heterocycles. The van der Waals surface area contributed by atoms with Gasteiger partial charge in [0.2, 0.25) is 10.0 Å². The van der Waals surface area contributed by atoms with Gasteiger partial charge in [0.1, 0.15) is 10.6 Å². The van der Waals surface area contributed by atoms with Crippen molar-refractivity contribution >= 4 is 15.9 Å². The number of hydrogen-bond acceptors (Lipinski definition) is 5. The van der Waals surface area contributed by atoms with E-state index in [2.05, 4.69) is 10.0 Å². The monoisotopic (exact) mass is 383 g/mol. The summed E-state index contributed by atoms with van der Waals surface area (Å²) in [7, 11) is -2.36. The van der Waals surface area contributed by atoms with Crippen LogP contribution in [0.25, 0.3) is 0 Å². The van der Waals surface area contributed by atoms with Gasteiger partial charge >= 0.3 is 0 Å². The summed E-state index contributed by atoms with van der Waals surface area (Å²) in [4.78, 5) is 14.9. The van der Waals surface area contributed by atoms with Gasteiger partial charge in [-0.05, 0) is 51.4 Å². The molecule has 0 aliphatic carbocycles. The summed E-state index contributed by atoms with van der Waals surface area (Å²) in [6.07, 6.45) is 1.75. The summed E-state index contributed by atoms with van der Waals surface area (Å²) in [6.45, 7) is 7.81. The third-order valence-corrected chi connectivity index (χ3v) is 5.97. The molecule has 1 amide bonds. The molecular weight excluding hydrogens is 354 g/mol. The first-order chi connectivity index (χ1) is 12.3. The molecule has 0 saturated carbocycles. The highest BCUT2D eigenvalue weighted by atomic mass is 32.2. The number of nitrogens with one attached hydrogen (secondary N) is 2. The van der Waals surface area contributed by atoms with Crippen molar-refractivity contribution in [2.24, 2.45) is 0 Å². The first-order valence-corrected chi connectivity index (χ1v) is 10.5. The average molecular weight is 384 g/mol. The molecule has 1 aromatic carbocycles. The van der Waals surface area contributed by atoms with Crippen LogP contribution in [0.5, 0.6) is 5.75 Å². The summed E-state index contributed by atoms with van der Waals surface area (Å²) in [5.41, 5.74) is 0.357. The minimum Gasteiger partial charge on any atom is -0.495 e. The Balaban J connectivity index is 2.39. The number of nitrogens with zero attached hydrogens (tertiary/aromatic N) is 1. The van der Waals surface area contributed by atoms with Crippen LogP contribution in [-0.4, -0.2) is 58.1 Å². The number of methoxy groups -OCH3 is 1. The van der Waals surface area contributed by atoms with Crippen molar-refractivity contribution in [1.82, 2.24) is 14.9 Å². The van der Waals surface area contributed by atoms with Crippen LogP contribution in [-0.2, 0) is 10.0 Å². The molecule has 1 aliphatic heterocycles. The zero-order valence-electron chi connectivity index (χ0n) is 15.9. The number of benzene rings is 1. The second-order valence-corrected chi connectivity index (χ2v) is 8.47. The van der Waals surface area contributed by atoms with Crippen LogP contribution in [0.3, 0.4) is 0 Å². The summed E-state index contributed by atoms with van der Waals surface area (Å²) in [5.74, 6) is 0.0727. The Labute approximate surface area is 156 Å². The Kier molecular flexibility index (Phi) is 7.02. The highest BCUT2D eigenvalue weighted by Gasteiger charge is 2.28. The summed E-state index contributed by atoms with van der Waals surface area (Å²) in [6, 6.07) is 4.46. The fraction of sp³-hybridized carbons (Fsp3) is 0.611. The number of carbonyl (C=O) groups is 1. The van der Waals surface area contributed by atoms with E-state index in [1.54, 1.807) is 26.0 Å². The van der Waals surface area contributed by atoms with Gasteiger partial charge in [-0.15, -0.1) is 0 Å². The van der Waals surface area contributed by atoms with Crippen LogP contribution in [0.4, 0.5) is 0 Å². The smallest absolute Gasteiger partial charge is 0.254 e. The number of amides is 1. The van der Waals surface area contributed by atoms with Crippen molar-refractivity contribution in [2.75, 3.05) is 26.7 Å². The molecule has 26 heavy (non-hydrogen) atoms. The summed E-state index contributed by atoms with van der Waals surface area (Å²) >= 11 is 0. The lowest BCUT2D eigenvalue weighted by molar-refractivity contribution is 0.0692. The molecule has 146 valence electrons. The van der Waals surface area contributed by atoms with Crippen molar-refractivity contribution in [3.8, 4) is 5.75 Å². The summed E-state index contributed by atoms with van der Waals surface area (Å²) < 4.78 is 33.0. The molecule has 1 aromatic rings. The first kappa shape index (κ1) is 20.7. The zero-order valence-corrected chi connectivity index (χ0v) is 16.7. The van der Waals surface area contributed by atoms with Gasteiger partial charge in [0, 0.05) is 30.7 Å². The topological polar surface area (TPSA) is 87.7 Å². The van der Waals surface area contributed by atoms with E-state index < -0.39 is 10.0 Å². The SMILES string of the molecule is CCCN(C(=O)c1ccc(OC)c(S(=O)(=O)NC(C)C)c1)C1CCNC1. The van der Waals surface area contributed by atoms with Crippen LogP contribution in [0, 0.1) is 0 Å². The van der Waals surface area contributed by atoms with E-state index in [1.165, 1.54) is 13.2 Å². The second-order valence-electron chi connectivity index (χ2n) is 6.79. The highest BCUT2D eigenvalue weighted by molar-refractivity contribution is 7.89. The van der Waals surface area contributed by atoms with E-state index in [0.717, 1.165) is 25.9 Å².